The number of primary sulfonamides is 1. The molecule has 0 unspecified atom stereocenters. The van der Waals surface area contributed by atoms with E-state index in [1.165, 1.54) is 18.2 Å². The van der Waals surface area contributed by atoms with Crippen LogP contribution in [-0.2, 0) is 31.8 Å². The number of benzene rings is 2. The van der Waals surface area contributed by atoms with Gasteiger partial charge in [0, 0.05) is 5.69 Å². The Morgan fingerprint density at radius 2 is 1.58 bits per heavy atom. The molecule has 0 spiro atoms. The maximum atomic E-state index is 13.0. The quantitative estimate of drug-likeness (QED) is 0.725. The fraction of sp³-hybridized carbons (Fsp3) is 0.143. The van der Waals surface area contributed by atoms with Crippen molar-refractivity contribution in [2.45, 2.75) is 21.7 Å². The van der Waals surface area contributed by atoms with Crippen molar-refractivity contribution in [3.05, 3.63) is 52.5 Å². The van der Waals surface area contributed by atoms with Crippen molar-refractivity contribution >= 4 is 37.1 Å². The van der Waals surface area contributed by atoms with Crippen LogP contribution in [0.1, 0.15) is 11.1 Å². The van der Waals surface area contributed by atoms with E-state index in [1.807, 2.05) is 0 Å². The summed E-state index contributed by atoms with van der Waals surface area (Å²) in [5.74, 6) is -0.916. The van der Waals surface area contributed by atoms with Crippen molar-refractivity contribution < 1.29 is 30.0 Å². The molecule has 12 heteroatoms. The van der Waals surface area contributed by atoms with Crippen LogP contribution < -0.4 is 10.9 Å². The number of nitrogen functional groups attached to an aromatic ring is 1. The molecular weight excluding hydrogens is 417 g/mol. The van der Waals surface area contributed by atoms with Crippen LogP contribution >= 0.6 is 11.6 Å². The smallest absolute Gasteiger partial charge is 0.398 e. The van der Waals surface area contributed by atoms with Crippen LogP contribution in [-0.4, -0.2) is 16.8 Å². The minimum Gasteiger partial charge on any atom is -0.398 e. The van der Waals surface area contributed by atoms with E-state index in [-0.39, 0.29) is 5.56 Å². The first-order chi connectivity index (χ1) is 11.7. The highest BCUT2D eigenvalue weighted by molar-refractivity contribution is 7.91. The first kappa shape index (κ1) is 20.5. The molecule has 0 aliphatic rings. The number of alkyl halides is 3. The average Bonchev–Trinajstić information content (AvgIpc) is 2.44. The fourth-order valence-corrected chi connectivity index (χ4v) is 5.10. The van der Waals surface area contributed by atoms with Gasteiger partial charge in [0.2, 0.25) is 10.0 Å². The van der Waals surface area contributed by atoms with Crippen molar-refractivity contribution in [3.63, 3.8) is 0 Å². The summed E-state index contributed by atoms with van der Waals surface area (Å²) in [6.07, 6.45) is -4.89. The molecule has 2 rings (SSSR count). The second-order valence-corrected chi connectivity index (χ2v) is 9.17. The second-order valence-electron chi connectivity index (χ2n) is 5.28. The van der Waals surface area contributed by atoms with Crippen LogP contribution in [0.25, 0.3) is 0 Å². The van der Waals surface area contributed by atoms with Gasteiger partial charge in [0.1, 0.15) is 0 Å². The predicted octanol–water partition coefficient (Wildman–Crippen LogP) is 2.56. The lowest BCUT2D eigenvalue weighted by Crippen LogP contribution is -2.17. The highest BCUT2D eigenvalue weighted by Gasteiger charge is 2.35. The van der Waals surface area contributed by atoms with Gasteiger partial charge in [-0.05, 0) is 23.8 Å². The third kappa shape index (κ3) is 4.29. The summed E-state index contributed by atoms with van der Waals surface area (Å²) in [5, 5.41) is 4.52. The predicted molar refractivity (Wildman–Crippen MR) is 89.6 cm³/mol. The molecule has 2 aromatic rings. The topological polar surface area (TPSA) is 120 Å². The highest BCUT2D eigenvalue weighted by atomic mass is 35.5. The molecule has 0 amide bonds. The van der Waals surface area contributed by atoms with E-state index in [9.17, 15) is 30.0 Å². The number of nitrogens with two attached hydrogens (primary N) is 2. The normalized spacial score (nSPS) is 13.0. The number of hydrogen-bond acceptors (Lipinski definition) is 5. The molecule has 0 aromatic heterocycles. The van der Waals surface area contributed by atoms with E-state index in [0.717, 1.165) is 6.07 Å². The van der Waals surface area contributed by atoms with E-state index < -0.39 is 57.9 Å². The number of sulfonamides is 1. The third-order valence-electron chi connectivity index (χ3n) is 3.37. The highest BCUT2D eigenvalue weighted by Crippen LogP contribution is 2.38. The molecule has 0 saturated carbocycles. The van der Waals surface area contributed by atoms with Crippen molar-refractivity contribution in [1.29, 1.82) is 0 Å². The molecule has 2 aromatic carbocycles. The molecule has 0 bridgehead atoms. The Morgan fingerprint density at radius 3 is 2.12 bits per heavy atom. The van der Waals surface area contributed by atoms with Crippen LogP contribution in [0, 0.1) is 0 Å². The Bertz CT molecular complexity index is 1070. The third-order valence-corrected chi connectivity index (χ3v) is 6.50. The minimum absolute atomic E-state index is 0.198. The Labute approximate surface area is 152 Å². The molecule has 6 nitrogen and oxygen atoms in total. The van der Waals surface area contributed by atoms with Crippen molar-refractivity contribution in [1.82, 2.24) is 0 Å². The van der Waals surface area contributed by atoms with E-state index in [1.54, 1.807) is 0 Å². The van der Waals surface area contributed by atoms with Gasteiger partial charge in [0.25, 0.3) is 0 Å². The van der Waals surface area contributed by atoms with Gasteiger partial charge in [0.15, 0.2) is 9.84 Å². The first-order valence-corrected chi connectivity index (χ1v) is 10.3. The summed E-state index contributed by atoms with van der Waals surface area (Å²) in [6.45, 7) is 0. The number of sulfone groups is 1. The zero-order valence-electron chi connectivity index (χ0n) is 12.8. The first-order valence-electron chi connectivity index (χ1n) is 6.73. The van der Waals surface area contributed by atoms with Crippen molar-refractivity contribution in [2.24, 2.45) is 5.14 Å². The summed E-state index contributed by atoms with van der Waals surface area (Å²) in [5.41, 5.74) is 2.97. The maximum absolute atomic E-state index is 13.0. The zero-order chi connectivity index (χ0) is 19.9. The lowest BCUT2D eigenvalue weighted by Gasteiger charge is -2.14. The van der Waals surface area contributed by atoms with E-state index >= 15 is 0 Å². The summed E-state index contributed by atoms with van der Waals surface area (Å²) in [7, 11) is -8.67. The summed E-state index contributed by atoms with van der Waals surface area (Å²) in [4.78, 5) is -1.27. The van der Waals surface area contributed by atoms with Gasteiger partial charge in [-0.2, -0.15) is 13.2 Å². The van der Waals surface area contributed by atoms with Gasteiger partial charge >= 0.3 is 6.18 Å². The largest absolute Gasteiger partial charge is 0.418 e. The lowest BCUT2D eigenvalue weighted by molar-refractivity contribution is -0.137. The molecule has 26 heavy (non-hydrogen) atoms. The fourth-order valence-electron chi connectivity index (χ4n) is 2.24. The molecule has 0 atom stereocenters. The average molecular weight is 429 g/mol. The summed E-state index contributed by atoms with van der Waals surface area (Å²) >= 11 is 5.76. The Kier molecular flexibility index (Phi) is 5.30. The standard InChI is InChI=1S/C14H12ClF3N2O4S2/c15-10-6-11(19)9(14(16,17)18)5-13(10)25(21,22)7-8-3-1-2-4-12(8)26(20,23)24/h1-6H,7,19H2,(H2,20,23,24). The van der Waals surface area contributed by atoms with Gasteiger partial charge < -0.3 is 5.73 Å². The lowest BCUT2D eigenvalue weighted by atomic mass is 10.2. The van der Waals surface area contributed by atoms with Gasteiger partial charge in [-0.3, -0.25) is 0 Å². The molecule has 0 radical (unpaired) electrons. The van der Waals surface area contributed by atoms with Gasteiger partial charge in [-0.1, -0.05) is 29.8 Å². The molecule has 0 fully saturated rings. The molecule has 4 N–H and O–H groups in total. The summed E-state index contributed by atoms with van der Waals surface area (Å²) in [6, 6.07) is 5.98. The van der Waals surface area contributed by atoms with E-state index in [2.05, 4.69) is 0 Å². The maximum Gasteiger partial charge on any atom is 0.418 e. The zero-order valence-corrected chi connectivity index (χ0v) is 15.2. The number of hydrogen-bond donors (Lipinski definition) is 2. The number of halogens is 4. The summed E-state index contributed by atoms with van der Waals surface area (Å²) < 4.78 is 87.2. The molecular formula is C14H12ClF3N2O4S2. The van der Waals surface area contributed by atoms with E-state index in [4.69, 9.17) is 22.5 Å². The van der Waals surface area contributed by atoms with Crippen LogP contribution in [0.3, 0.4) is 0 Å². The van der Waals surface area contributed by atoms with Crippen molar-refractivity contribution in [2.75, 3.05) is 5.73 Å². The van der Waals surface area contributed by atoms with Crippen LogP contribution in [0.5, 0.6) is 0 Å². The molecule has 0 saturated heterocycles. The van der Waals surface area contributed by atoms with E-state index in [0.29, 0.717) is 12.1 Å². The molecule has 0 aliphatic heterocycles. The SMILES string of the molecule is Nc1cc(Cl)c(S(=O)(=O)Cc2ccccc2S(N)(=O)=O)cc1C(F)(F)F. The van der Waals surface area contributed by atoms with Gasteiger partial charge in [-0.25, -0.2) is 22.0 Å². The minimum atomic E-state index is -4.89. The number of rotatable bonds is 4. The molecule has 142 valence electrons. The van der Waals surface area contributed by atoms with Crippen LogP contribution in [0.15, 0.2) is 46.2 Å². The monoisotopic (exact) mass is 428 g/mol. The Balaban J connectivity index is 2.61. The van der Waals surface area contributed by atoms with Crippen molar-refractivity contribution in [3.8, 4) is 0 Å². The molecule has 0 heterocycles. The van der Waals surface area contributed by atoms with Crippen LogP contribution in [0.4, 0.5) is 18.9 Å². The van der Waals surface area contributed by atoms with Gasteiger partial charge in [0.05, 0.1) is 26.1 Å². The van der Waals surface area contributed by atoms with Crippen LogP contribution in [0.2, 0.25) is 5.02 Å². The second kappa shape index (κ2) is 6.72. The number of anilines is 1. The Hall–Kier alpha value is -1.82. The Morgan fingerprint density at radius 1 is 1.00 bits per heavy atom. The van der Waals surface area contributed by atoms with Gasteiger partial charge in [-0.15, -0.1) is 0 Å². The molecule has 0 aliphatic carbocycles.